The van der Waals surface area contributed by atoms with Gasteiger partial charge in [-0.2, -0.15) is 0 Å². The molecule has 0 amide bonds. The topological polar surface area (TPSA) is 101 Å². The van der Waals surface area contributed by atoms with Crippen molar-refractivity contribution in [2.45, 2.75) is 20.0 Å². The average Bonchev–Trinajstić information content (AvgIpc) is 1.19. The molecule has 0 aromatic heterocycles. The lowest BCUT2D eigenvalue weighted by atomic mass is 10.5. The zero-order chi connectivity index (χ0) is 8.08. The van der Waals surface area contributed by atoms with Crippen LogP contribution in [0.25, 0.3) is 0 Å². The molecule has 0 heterocycles. The van der Waals surface area contributed by atoms with Gasteiger partial charge in [0, 0.05) is 6.10 Å². The van der Waals surface area contributed by atoms with E-state index in [4.69, 9.17) is 24.3 Å². The lowest BCUT2D eigenvalue weighted by molar-refractivity contribution is 0.117. The summed E-state index contributed by atoms with van der Waals surface area (Å²) in [5, 5.41) is 8.06. The smallest absolute Gasteiger partial charge is 0.394 e. The van der Waals surface area contributed by atoms with E-state index in [0.29, 0.717) is 0 Å². The van der Waals surface area contributed by atoms with Crippen molar-refractivity contribution in [3.63, 3.8) is 0 Å². The van der Waals surface area contributed by atoms with E-state index < -0.39 is 9.05 Å². The first kappa shape index (κ1) is 11.8. The van der Waals surface area contributed by atoms with Gasteiger partial charge in [-0.25, -0.2) is 0 Å². The molecule has 0 radical (unpaired) electrons. The van der Waals surface area contributed by atoms with Crippen molar-refractivity contribution in [1.29, 1.82) is 0 Å². The predicted molar refractivity (Wildman–Crippen MR) is 32.0 cm³/mol. The van der Waals surface area contributed by atoms with Crippen LogP contribution in [0.4, 0.5) is 0 Å². The maximum Gasteiger partial charge on any atom is 0.668 e. The quantitative estimate of drug-likeness (QED) is 0.256. The molecule has 58 valence electrons. The van der Waals surface area contributed by atoms with E-state index in [1.807, 2.05) is 0 Å². The van der Waals surface area contributed by atoms with Crippen molar-refractivity contribution in [2.24, 2.45) is 0 Å². The summed E-state index contributed by atoms with van der Waals surface area (Å²) in [5.41, 5.74) is 0. The van der Waals surface area contributed by atoms with Gasteiger partial charge in [0.15, 0.2) is 0 Å². The highest BCUT2D eigenvalue weighted by molar-refractivity contribution is 6.46. The predicted octanol–water partition coefficient (Wildman–Crippen LogP) is -2.22. The van der Waals surface area contributed by atoms with Gasteiger partial charge in [-0.05, 0) is 13.8 Å². The molecule has 0 aromatic carbocycles. The van der Waals surface area contributed by atoms with Gasteiger partial charge in [0.2, 0.25) is 0 Å². The van der Waals surface area contributed by atoms with E-state index in [-0.39, 0.29) is 6.10 Å². The molecule has 0 bridgehead atoms. The molecule has 0 saturated carbocycles. The SMILES string of the molecule is CC(C)O.O[Si](O)(O)O. The lowest BCUT2D eigenvalue weighted by Gasteiger charge is -1.91. The highest BCUT2D eigenvalue weighted by atomic mass is 28.4. The van der Waals surface area contributed by atoms with Crippen molar-refractivity contribution in [1.82, 2.24) is 0 Å². The van der Waals surface area contributed by atoms with Crippen molar-refractivity contribution in [3.05, 3.63) is 0 Å². The van der Waals surface area contributed by atoms with Crippen LogP contribution >= 0.6 is 0 Å². The van der Waals surface area contributed by atoms with Gasteiger partial charge in [0.25, 0.3) is 0 Å². The second kappa shape index (κ2) is 4.85. The van der Waals surface area contributed by atoms with Crippen molar-refractivity contribution < 1.29 is 24.3 Å². The molecular formula is C3H12O5Si. The van der Waals surface area contributed by atoms with E-state index in [9.17, 15) is 0 Å². The molecule has 5 nitrogen and oxygen atoms in total. The summed E-state index contributed by atoms with van der Waals surface area (Å²) < 4.78 is 0. The second-order valence-corrected chi connectivity index (χ2v) is 2.89. The van der Waals surface area contributed by atoms with E-state index in [1.54, 1.807) is 13.8 Å². The summed E-state index contributed by atoms with van der Waals surface area (Å²) in [6, 6.07) is 0. The Morgan fingerprint density at radius 3 is 1.00 bits per heavy atom. The summed E-state index contributed by atoms with van der Waals surface area (Å²) in [7, 11) is -4.61. The third-order valence-corrected chi connectivity index (χ3v) is 0. The van der Waals surface area contributed by atoms with Crippen LogP contribution in [0.1, 0.15) is 13.8 Å². The highest BCUT2D eigenvalue weighted by Crippen LogP contribution is 1.67. The first-order chi connectivity index (χ1) is 3.73. The monoisotopic (exact) mass is 156 g/mol. The third kappa shape index (κ3) is 1020000. The minimum absolute atomic E-state index is 0.167. The molecule has 0 aromatic rings. The van der Waals surface area contributed by atoms with Gasteiger partial charge < -0.3 is 24.3 Å². The summed E-state index contributed by atoms with van der Waals surface area (Å²) in [6.07, 6.45) is -0.167. The Morgan fingerprint density at radius 2 is 1.00 bits per heavy atom. The zero-order valence-corrected chi connectivity index (χ0v) is 6.31. The molecule has 5 N–H and O–H groups in total. The van der Waals surface area contributed by atoms with E-state index in [1.165, 1.54) is 0 Å². The lowest BCUT2D eigenvalue weighted by Crippen LogP contribution is -2.33. The van der Waals surface area contributed by atoms with Crippen LogP contribution in [0, 0.1) is 0 Å². The average molecular weight is 156 g/mol. The van der Waals surface area contributed by atoms with Crippen LogP contribution in [-0.4, -0.2) is 39.4 Å². The molecular weight excluding hydrogens is 144 g/mol. The summed E-state index contributed by atoms with van der Waals surface area (Å²) in [4.78, 5) is 29.3. The molecule has 0 fully saturated rings. The van der Waals surface area contributed by atoms with Gasteiger partial charge in [-0.1, -0.05) is 0 Å². The molecule has 6 heteroatoms. The number of rotatable bonds is 0. The first-order valence-electron chi connectivity index (χ1n) is 2.31. The molecule has 0 saturated heterocycles. The second-order valence-electron chi connectivity index (χ2n) is 1.69. The largest absolute Gasteiger partial charge is 0.668 e. The van der Waals surface area contributed by atoms with Crippen LogP contribution in [0.15, 0.2) is 0 Å². The Kier molecular flexibility index (Phi) is 6.35. The molecule has 0 rings (SSSR count). The Hall–Kier alpha value is 0.0169. The maximum atomic E-state index is 8.06. The summed E-state index contributed by atoms with van der Waals surface area (Å²) >= 11 is 0. The van der Waals surface area contributed by atoms with Crippen molar-refractivity contribution in [2.75, 3.05) is 0 Å². The fourth-order valence-corrected chi connectivity index (χ4v) is 0. The minimum Gasteiger partial charge on any atom is -0.394 e. The Bertz CT molecular complexity index is 49.0. The van der Waals surface area contributed by atoms with Crippen LogP contribution in [-0.2, 0) is 0 Å². The summed E-state index contributed by atoms with van der Waals surface area (Å²) in [6.45, 7) is 3.44. The van der Waals surface area contributed by atoms with E-state index in [2.05, 4.69) is 0 Å². The standard InChI is InChI=1S/C3H8O.H4O4Si/c1-3(2)4;1-5(2,3)4/h3-4H,1-2H3;1-4H. The first-order valence-corrected chi connectivity index (χ1v) is 4.10. The van der Waals surface area contributed by atoms with Crippen LogP contribution in [0.2, 0.25) is 0 Å². The van der Waals surface area contributed by atoms with Gasteiger partial charge in [-0.3, -0.25) is 0 Å². The minimum atomic E-state index is -4.61. The maximum absolute atomic E-state index is 8.06. The van der Waals surface area contributed by atoms with Crippen LogP contribution in [0.3, 0.4) is 0 Å². The molecule has 0 unspecified atom stereocenters. The molecule has 0 atom stereocenters. The number of aliphatic hydroxyl groups is 1. The normalized spacial score (nSPS) is 10.7. The Morgan fingerprint density at radius 1 is 1.00 bits per heavy atom. The van der Waals surface area contributed by atoms with Crippen LogP contribution < -0.4 is 0 Å². The number of aliphatic hydroxyl groups excluding tert-OH is 1. The molecule has 0 spiro atoms. The summed E-state index contributed by atoms with van der Waals surface area (Å²) in [5.74, 6) is 0. The Balaban J connectivity index is 0. The highest BCUT2D eigenvalue weighted by Gasteiger charge is 2.22. The van der Waals surface area contributed by atoms with E-state index >= 15 is 0 Å². The van der Waals surface area contributed by atoms with Gasteiger partial charge in [0.05, 0.1) is 0 Å². The van der Waals surface area contributed by atoms with Crippen molar-refractivity contribution in [3.8, 4) is 0 Å². The Labute approximate surface area is 54.3 Å². The fourth-order valence-electron chi connectivity index (χ4n) is 0. The van der Waals surface area contributed by atoms with Crippen molar-refractivity contribution >= 4 is 9.05 Å². The molecule has 0 aliphatic heterocycles. The van der Waals surface area contributed by atoms with E-state index in [0.717, 1.165) is 0 Å². The number of hydrogen-bond acceptors (Lipinski definition) is 5. The van der Waals surface area contributed by atoms with Gasteiger partial charge in [0.1, 0.15) is 0 Å². The van der Waals surface area contributed by atoms with Gasteiger partial charge >= 0.3 is 9.05 Å². The third-order valence-electron chi connectivity index (χ3n) is 0. The molecule has 9 heavy (non-hydrogen) atoms. The fraction of sp³-hybridized carbons (Fsp3) is 1.00. The van der Waals surface area contributed by atoms with Gasteiger partial charge in [-0.15, -0.1) is 0 Å². The van der Waals surface area contributed by atoms with Crippen LogP contribution in [0.5, 0.6) is 0 Å². The zero-order valence-electron chi connectivity index (χ0n) is 5.31. The molecule has 0 aliphatic carbocycles. The number of hydrogen-bond donors (Lipinski definition) is 5. The molecule has 0 aliphatic rings.